The first kappa shape index (κ1) is 13.0. The molecule has 0 amide bonds. The SMILES string of the molecule is Cc1ncc(COc2ccc(Cl)cc2)n1C(C)C. The molecule has 0 radical (unpaired) electrons. The average molecular weight is 265 g/mol. The summed E-state index contributed by atoms with van der Waals surface area (Å²) in [4.78, 5) is 4.33. The van der Waals surface area contributed by atoms with Gasteiger partial charge in [-0.2, -0.15) is 0 Å². The van der Waals surface area contributed by atoms with Crippen LogP contribution in [0.2, 0.25) is 5.02 Å². The molecule has 0 unspecified atom stereocenters. The molecule has 0 bridgehead atoms. The van der Waals surface area contributed by atoms with Gasteiger partial charge in [-0.15, -0.1) is 0 Å². The molecule has 0 fully saturated rings. The van der Waals surface area contributed by atoms with Gasteiger partial charge in [0.2, 0.25) is 0 Å². The molecule has 3 nitrogen and oxygen atoms in total. The lowest BCUT2D eigenvalue weighted by Gasteiger charge is -2.14. The lowest BCUT2D eigenvalue weighted by atomic mass is 10.3. The van der Waals surface area contributed by atoms with Gasteiger partial charge in [0, 0.05) is 11.1 Å². The zero-order valence-corrected chi connectivity index (χ0v) is 11.6. The maximum Gasteiger partial charge on any atom is 0.130 e. The van der Waals surface area contributed by atoms with E-state index in [0.29, 0.717) is 17.7 Å². The predicted octanol–water partition coefficient (Wildman–Crippen LogP) is 4.00. The van der Waals surface area contributed by atoms with Crippen molar-refractivity contribution in [3.63, 3.8) is 0 Å². The molecule has 0 saturated heterocycles. The van der Waals surface area contributed by atoms with E-state index >= 15 is 0 Å². The van der Waals surface area contributed by atoms with Crippen LogP contribution in [0.25, 0.3) is 0 Å². The number of imidazole rings is 1. The average Bonchev–Trinajstić information content (AvgIpc) is 2.70. The fourth-order valence-corrected chi connectivity index (χ4v) is 2.13. The van der Waals surface area contributed by atoms with E-state index in [0.717, 1.165) is 17.3 Å². The van der Waals surface area contributed by atoms with Crippen LogP contribution in [-0.4, -0.2) is 9.55 Å². The molecule has 0 aliphatic heterocycles. The number of halogens is 1. The van der Waals surface area contributed by atoms with E-state index in [-0.39, 0.29) is 0 Å². The van der Waals surface area contributed by atoms with Crippen LogP contribution in [-0.2, 0) is 6.61 Å². The molecule has 0 atom stereocenters. The molecule has 0 aliphatic rings. The third-order valence-electron chi connectivity index (χ3n) is 2.78. The number of aromatic nitrogens is 2. The zero-order chi connectivity index (χ0) is 13.1. The van der Waals surface area contributed by atoms with Gasteiger partial charge in [-0.3, -0.25) is 0 Å². The normalized spacial score (nSPS) is 10.9. The van der Waals surface area contributed by atoms with Crippen LogP contribution in [0, 0.1) is 6.92 Å². The minimum atomic E-state index is 0.385. The van der Waals surface area contributed by atoms with Crippen LogP contribution in [0.3, 0.4) is 0 Å². The summed E-state index contributed by atoms with van der Waals surface area (Å²) in [5.41, 5.74) is 1.08. The van der Waals surface area contributed by atoms with Gasteiger partial charge >= 0.3 is 0 Å². The first-order chi connectivity index (χ1) is 8.58. The van der Waals surface area contributed by atoms with E-state index in [4.69, 9.17) is 16.3 Å². The molecule has 0 saturated carbocycles. The highest BCUT2D eigenvalue weighted by Crippen LogP contribution is 2.18. The van der Waals surface area contributed by atoms with Gasteiger partial charge in [0.15, 0.2) is 0 Å². The lowest BCUT2D eigenvalue weighted by Crippen LogP contribution is -2.09. The molecular weight excluding hydrogens is 248 g/mol. The Labute approximate surface area is 112 Å². The second-order valence-electron chi connectivity index (χ2n) is 4.50. The Morgan fingerprint density at radius 1 is 1.28 bits per heavy atom. The number of nitrogens with zero attached hydrogens (tertiary/aromatic N) is 2. The highest BCUT2D eigenvalue weighted by Gasteiger charge is 2.09. The molecular formula is C14H17ClN2O. The van der Waals surface area contributed by atoms with E-state index in [1.165, 1.54) is 0 Å². The Hall–Kier alpha value is -1.48. The van der Waals surface area contributed by atoms with E-state index in [2.05, 4.69) is 23.4 Å². The summed E-state index contributed by atoms with van der Waals surface area (Å²) in [6.07, 6.45) is 1.87. The summed E-state index contributed by atoms with van der Waals surface area (Å²) < 4.78 is 7.91. The molecule has 1 aromatic heterocycles. The molecule has 1 aromatic carbocycles. The minimum absolute atomic E-state index is 0.385. The molecule has 4 heteroatoms. The van der Waals surface area contributed by atoms with E-state index < -0.39 is 0 Å². The highest BCUT2D eigenvalue weighted by atomic mass is 35.5. The fourth-order valence-electron chi connectivity index (χ4n) is 2.00. The Balaban J connectivity index is 2.08. The van der Waals surface area contributed by atoms with Crippen LogP contribution < -0.4 is 4.74 Å². The van der Waals surface area contributed by atoms with Gasteiger partial charge < -0.3 is 9.30 Å². The maximum atomic E-state index is 5.83. The van der Waals surface area contributed by atoms with E-state index in [1.54, 1.807) is 0 Å². The molecule has 2 aromatic rings. The first-order valence-corrected chi connectivity index (χ1v) is 6.37. The maximum absolute atomic E-state index is 5.83. The minimum Gasteiger partial charge on any atom is -0.487 e. The van der Waals surface area contributed by atoms with Crippen molar-refractivity contribution < 1.29 is 4.74 Å². The molecule has 18 heavy (non-hydrogen) atoms. The summed E-state index contributed by atoms with van der Waals surface area (Å²) in [6.45, 7) is 6.80. The van der Waals surface area contributed by atoms with Crippen molar-refractivity contribution in [2.75, 3.05) is 0 Å². The summed E-state index contributed by atoms with van der Waals surface area (Å²) in [6, 6.07) is 7.76. The first-order valence-electron chi connectivity index (χ1n) is 5.99. The number of rotatable bonds is 4. The second kappa shape index (κ2) is 5.44. The van der Waals surface area contributed by atoms with Crippen molar-refractivity contribution in [3.05, 3.63) is 47.0 Å². The zero-order valence-electron chi connectivity index (χ0n) is 10.9. The Kier molecular flexibility index (Phi) is 3.92. The quantitative estimate of drug-likeness (QED) is 0.834. The smallest absolute Gasteiger partial charge is 0.130 e. The molecule has 96 valence electrons. The summed E-state index contributed by atoms with van der Waals surface area (Å²) in [5.74, 6) is 1.83. The predicted molar refractivity (Wildman–Crippen MR) is 73.1 cm³/mol. The van der Waals surface area contributed by atoms with Crippen LogP contribution in [0.1, 0.15) is 31.4 Å². The lowest BCUT2D eigenvalue weighted by molar-refractivity contribution is 0.291. The number of benzene rings is 1. The fraction of sp³-hybridized carbons (Fsp3) is 0.357. The number of ether oxygens (including phenoxy) is 1. The Morgan fingerprint density at radius 3 is 2.56 bits per heavy atom. The number of aryl methyl sites for hydroxylation is 1. The molecule has 0 aliphatic carbocycles. The summed E-state index contributed by atoms with van der Waals surface area (Å²) in [7, 11) is 0. The monoisotopic (exact) mass is 264 g/mol. The molecule has 0 N–H and O–H groups in total. The summed E-state index contributed by atoms with van der Waals surface area (Å²) in [5, 5.41) is 0.713. The van der Waals surface area contributed by atoms with Crippen molar-refractivity contribution in [1.29, 1.82) is 0 Å². The van der Waals surface area contributed by atoms with Crippen molar-refractivity contribution in [2.24, 2.45) is 0 Å². The van der Waals surface area contributed by atoms with Gasteiger partial charge in [-0.05, 0) is 45.0 Å². The van der Waals surface area contributed by atoms with Gasteiger partial charge in [-0.25, -0.2) is 4.98 Å². The van der Waals surface area contributed by atoms with Crippen LogP contribution in [0.5, 0.6) is 5.75 Å². The highest BCUT2D eigenvalue weighted by molar-refractivity contribution is 6.30. The van der Waals surface area contributed by atoms with E-state index in [9.17, 15) is 0 Å². The third-order valence-corrected chi connectivity index (χ3v) is 3.03. The van der Waals surface area contributed by atoms with Crippen molar-refractivity contribution >= 4 is 11.6 Å². The standard InChI is InChI=1S/C14H17ClN2O/c1-10(2)17-11(3)16-8-13(17)9-18-14-6-4-12(15)5-7-14/h4-8,10H,9H2,1-3H3. The largest absolute Gasteiger partial charge is 0.487 e. The molecule has 1 heterocycles. The Bertz CT molecular complexity index is 517. The second-order valence-corrected chi connectivity index (χ2v) is 4.94. The van der Waals surface area contributed by atoms with Crippen molar-refractivity contribution in [3.8, 4) is 5.75 Å². The van der Waals surface area contributed by atoms with Gasteiger partial charge in [-0.1, -0.05) is 11.6 Å². The van der Waals surface area contributed by atoms with Crippen LogP contribution in [0.15, 0.2) is 30.5 Å². The van der Waals surface area contributed by atoms with Gasteiger partial charge in [0.25, 0.3) is 0 Å². The molecule has 0 spiro atoms. The Morgan fingerprint density at radius 2 is 1.94 bits per heavy atom. The third kappa shape index (κ3) is 2.85. The van der Waals surface area contributed by atoms with Gasteiger partial charge in [0.1, 0.15) is 18.2 Å². The van der Waals surface area contributed by atoms with Crippen LogP contribution >= 0.6 is 11.6 Å². The number of hydrogen-bond donors (Lipinski definition) is 0. The van der Waals surface area contributed by atoms with Gasteiger partial charge in [0.05, 0.1) is 11.9 Å². The molecule has 2 rings (SSSR count). The van der Waals surface area contributed by atoms with Crippen LogP contribution in [0.4, 0.5) is 0 Å². The van der Waals surface area contributed by atoms with Crippen molar-refractivity contribution in [2.45, 2.75) is 33.4 Å². The summed E-state index contributed by atoms with van der Waals surface area (Å²) >= 11 is 5.83. The van der Waals surface area contributed by atoms with E-state index in [1.807, 2.05) is 37.4 Å². The van der Waals surface area contributed by atoms with Crippen molar-refractivity contribution in [1.82, 2.24) is 9.55 Å². The number of hydrogen-bond acceptors (Lipinski definition) is 2. The topological polar surface area (TPSA) is 27.1 Å².